The molecule has 22 heavy (non-hydrogen) atoms. The van der Waals surface area contributed by atoms with Crippen molar-refractivity contribution in [2.24, 2.45) is 4.99 Å². The molecule has 3 aromatic rings. The maximum Gasteiger partial charge on any atom is 0.326 e. The summed E-state index contributed by atoms with van der Waals surface area (Å²) in [6, 6.07) is 1.99. The van der Waals surface area contributed by atoms with Gasteiger partial charge in [-0.1, -0.05) is 11.6 Å². The molecule has 0 radical (unpaired) electrons. The van der Waals surface area contributed by atoms with Crippen molar-refractivity contribution in [3.8, 4) is 5.88 Å². The standard InChI is InChI=1S/C13H11ClN6O2/c14-9-4-10(16-7-1-2-7)20-11(18-9)6(5-15-20)3-8-12(21)19-13(22)17-8/h3-5,7,21H,1-2H2,(H2,17,19,22)/b6-3-,16-10?. The van der Waals surface area contributed by atoms with Crippen LogP contribution in [-0.4, -0.2) is 35.7 Å². The highest BCUT2D eigenvalue weighted by atomic mass is 35.5. The van der Waals surface area contributed by atoms with Crippen molar-refractivity contribution in [2.45, 2.75) is 18.9 Å². The largest absolute Gasteiger partial charge is 0.493 e. The van der Waals surface area contributed by atoms with Gasteiger partial charge in [-0.05, 0) is 18.9 Å². The smallest absolute Gasteiger partial charge is 0.326 e. The van der Waals surface area contributed by atoms with Crippen molar-refractivity contribution in [3.05, 3.63) is 44.3 Å². The van der Waals surface area contributed by atoms with Crippen LogP contribution in [0.15, 0.2) is 22.1 Å². The summed E-state index contributed by atoms with van der Waals surface area (Å²) in [4.78, 5) is 24.7. The summed E-state index contributed by atoms with van der Waals surface area (Å²) in [5, 5.41) is 14.8. The van der Waals surface area contributed by atoms with E-state index in [1.54, 1.807) is 22.9 Å². The average Bonchev–Trinajstić information content (AvgIpc) is 3.09. The molecule has 9 heteroatoms. The predicted molar refractivity (Wildman–Crippen MR) is 78.4 cm³/mol. The van der Waals surface area contributed by atoms with Gasteiger partial charge in [-0.3, -0.25) is 9.98 Å². The van der Waals surface area contributed by atoms with E-state index < -0.39 is 5.69 Å². The molecular formula is C13H11ClN6O2. The highest BCUT2D eigenvalue weighted by Crippen LogP contribution is 2.22. The first-order chi connectivity index (χ1) is 10.6. The number of nitrogens with zero attached hydrogens (tertiary/aromatic N) is 4. The van der Waals surface area contributed by atoms with Crippen LogP contribution in [-0.2, 0) is 0 Å². The molecule has 1 fully saturated rings. The number of aromatic hydroxyl groups is 1. The average molecular weight is 319 g/mol. The van der Waals surface area contributed by atoms with Crippen LogP contribution >= 0.6 is 11.6 Å². The summed E-state index contributed by atoms with van der Waals surface area (Å²) in [7, 11) is 0. The maximum atomic E-state index is 11.2. The van der Waals surface area contributed by atoms with Gasteiger partial charge in [0, 0.05) is 11.3 Å². The number of fused-ring (bicyclic) bond motifs is 1. The second-order valence-corrected chi connectivity index (χ2v) is 5.51. The third kappa shape index (κ3) is 2.27. The van der Waals surface area contributed by atoms with Crippen LogP contribution < -0.4 is 16.4 Å². The fourth-order valence-electron chi connectivity index (χ4n) is 2.17. The van der Waals surface area contributed by atoms with E-state index in [0.717, 1.165) is 12.8 Å². The molecule has 1 aliphatic carbocycles. The van der Waals surface area contributed by atoms with Crippen LogP contribution in [0.1, 0.15) is 18.5 Å². The number of rotatable bonds is 2. The first-order valence-corrected chi connectivity index (χ1v) is 7.09. The molecule has 3 aromatic heterocycles. The Balaban J connectivity index is 1.98. The topological polar surface area (TPSA) is 111 Å². The molecule has 1 saturated carbocycles. The lowest BCUT2D eigenvalue weighted by Crippen LogP contribution is -2.18. The number of hydrogen-bond acceptors (Lipinski definition) is 5. The Kier molecular flexibility index (Phi) is 2.80. The van der Waals surface area contributed by atoms with Crippen molar-refractivity contribution in [3.63, 3.8) is 0 Å². The molecule has 112 valence electrons. The fourth-order valence-corrected chi connectivity index (χ4v) is 2.35. The molecule has 8 nitrogen and oxygen atoms in total. The SMILES string of the molecule is O=c1[nH]c(O)c(/C=c2/cnn3c(=NC4CC4)cc(Cl)nc23)[nH]1. The maximum absolute atomic E-state index is 11.2. The molecule has 0 bridgehead atoms. The Morgan fingerprint density at radius 1 is 1.45 bits per heavy atom. The normalized spacial score (nSPS) is 16.8. The Bertz CT molecular complexity index is 1040. The Morgan fingerprint density at radius 2 is 2.27 bits per heavy atom. The van der Waals surface area contributed by atoms with Crippen LogP contribution in [0.4, 0.5) is 0 Å². The minimum atomic E-state index is -0.490. The third-order valence-corrected chi connectivity index (χ3v) is 3.54. The van der Waals surface area contributed by atoms with Crippen molar-refractivity contribution in [1.29, 1.82) is 0 Å². The zero-order valence-electron chi connectivity index (χ0n) is 11.2. The molecule has 0 unspecified atom stereocenters. The number of nitrogens with one attached hydrogen (secondary N) is 2. The molecule has 4 rings (SSSR count). The van der Waals surface area contributed by atoms with Gasteiger partial charge in [-0.25, -0.2) is 9.78 Å². The monoisotopic (exact) mass is 318 g/mol. The Hall–Kier alpha value is -2.61. The summed E-state index contributed by atoms with van der Waals surface area (Å²) in [5.41, 5.74) is 0.912. The lowest BCUT2D eigenvalue weighted by molar-refractivity contribution is 0.454. The number of imidazole rings is 1. The van der Waals surface area contributed by atoms with Crippen LogP contribution in [0.5, 0.6) is 5.88 Å². The first-order valence-electron chi connectivity index (χ1n) is 6.71. The van der Waals surface area contributed by atoms with Crippen LogP contribution in [0.2, 0.25) is 5.15 Å². The molecule has 1 aliphatic rings. The van der Waals surface area contributed by atoms with E-state index in [4.69, 9.17) is 11.6 Å². The summed E-state index contributed by atoms with van der Waals surface area (Å²) >= 11 is 6.06. The lowest BCUT2D eigenvalue weighted by atomic mass is 10.3. The Morgan fingerprint density at radius 3 is 2.95 bits per heavy atom. The highest BCUT2D eigenvalue weighted by Gasteiger charge is 2.20. The second-order valence-electron chi connectivity index (χ2n) is 5.12. The molecule has 0 atom stereocenters. The molecule has 0 aliphatic heterocycles. The molecule has 0 aromatic carbocycles. The summed E-state index contributed by atoms with van der Waals surface area (Å²) in [6.45, 7) is 0. The van der Waals surface area contributed by atoms with Crippen LogP contribution in [0.25, 0.3) is 11.7 Å². The molecule has 0 saturated heterocycles. The van der Waals surface area contributed by atoms with Gasteiger partial charge in [-0.2, -0.15) is 9.61 Å². The van der Waals surface area contributed by atoms with Gasteiger partial charge < -0.3 is 10.1 Å². The van der Waals surface area contributed by atoms with Gasteiger partial charge in [0.05, 0.1) is 12.2 Å². The van der Waals surface area contributed by atoms with Crippen molar-refractivity contribution in [2.75, 3.05) is 0 Å². The third-order valence-electron chi connectivity index (χ3n) is 3.35. The van der Waals surface area contributed by atoms with E-state index >= 15 is 0 Å². The van der Waals surface area contributed by atoms with Crippen molar-refractivity contribution < 1.29 is 5.11 Å². The van der Waals surface area contributed by atoms with Gasteiger partial charge in [-0.15, -0.1) is 0 Å². The number of hydrogen-bond donors (Lipinski definition) is 3. The predicted octanol–water partition coefficient (Wildman–Crippen LogP) is -0.284. The van der Waals surface area contributed by atoms with Gasteiger partial charge in [0.25, 0.3) is 0 Å². The summed E-state index contributed by atoms with van der Waals surface area (Å²) in [5.74, 6) is -0.241. The van der Waals surface area contributed by atoms with E-state index in [9.17, 15) is 9.90 Å². The number of halogens is 1. The van der Waals surface area contributed by atoms with Gasteiger partial charge in [0.1, 0.15) is 10.8 Å². The van der Waals surface area contributed by atoms with Crippen molar-refractivity contribution in [1.82, 2.24) is 24.6 Å². The van der Waals surface area contributed by atoms with Crippen LogP contribution in [0, 0.1) is 0 Å². The summed E-state index contributed by atoms with van der Waals surface area (Å²) < 4.78 is 1.60. The highest BCUT2D eigenvalue weighted by molar-refractivity contribution is 6.29. The first kappa shape index (κ1) is 13.1. The van der Waals surface area contributed by atoms with E-state index in [-0.39, 0.29) is 11.6 Å². The fraction of sp³-hybridized carbons (Fsp3) is 0.231. The molecular weight excluding hydrogens is 308 g/mol. The summed E-state index contributed by atoms with van der Waals surface area (Å²) in [6.07, 6.45) is 5.29. The van der Waals surface area contributed by atoms with Gasteiger partial charge in [0.15, 0.2) is 11.1 Å². The van der Waals surface area contributed by atoms with E-state index in [1.165, 1.54) is 0 Å². The van der Waals surface area contributed by atoms with Crippen molar-refractivity contribution >= 4 is 23.3 Å². The Labute approximate surface area is 127 Å². The molecule has 3 heterocycles. The minimum Gasteiger partial charge on any atom is -0.493 e. The molecule has 3 N–H and O–H groups in total. The molecule has 0 amide bonds. The minimum absolute atomic E-state index is 0.241. The second kappa shape index (κ2) is 4.70. The number of aromatic nitrogens is 5. The van der Waals surface area contributed by atoms with E-state index in [0.29, 0.717) is 27.5 Å². The zero-order chi connectivity index (χ0) is 15.3. The van der Waals surface area contributed by atoms with E-state index in [2.05, 4.69) is 25.0 Å². The van der Waals surface area contributed by atoms with Crippen LogP contribution in [0.3, 0.4) is 0 Å². The quantitative estimate of drug-likeness (QED) is 0.564. The van der Waals surface area contributed by atoms with Gasteiger partial charge in [0.2, 0.25) is 5.88 Å². The molecule has 0 spiro atoms. The lowest BCUT2D eigenvalue weighted by Gasteiger charge is -1.96. The number of H-pyrrole nitrogens is 2. The van der Waals surface area contributed by atoms with E-state index in [1.807, 2.05) is 0 Å². The zero-order valence-corrected chi connectivity index (χ0v) is 12.0. The number of aromatic amines is 2. The van der Waals surface area contributed by atoms with Gasteiger partial charge >= 0.3 is 5.69 Å².